The van der Waals surface area contributed by atoms with Crippen LogP contribution in [0.2, 0.25) is 0 Å². The molecule has 0 heterocycles. The minimum Gasteiger partial charge on any atom is -0.219 e. The minimum atomic E-state index is -3.28. The Morgan fingerprint density at radius 1 is 1.17 bits per heavy atom. The van der Waals surface area contributed by atoms with Gasteiger partial charge < -0.3 is 0 Å². The van der Waals surface area contributed by atoms with Crippen molar-refractivity contribution < 1.29 is 8.42 Å². The second-order valence-corrected chi connectivity index (χ2v) is 6.39. The van der Waals surface area contributed by atoms with Crippen molar-refractivity contribution in [2.45, 2.75) is 51.3 Å². The number of unbranched alkanes of at least 4 members (excludes halogenated alkanes) is 1. The van der Waals surface area contributed by atoms with E-state index in [1.807, 2.05) is 26.0 Å². The smallest absolute Gasteiger partial charge is 0.199 e. The lowest BCUT2D eigenvalue weighted by molar-refractivity contribution is 0.604. The number of hydrogen-bond acceptors (Lipinski definition) is 2. The first-order chi connectivity index (χ1) is 8.49. The second-order valence-electron chi connectivity index (χ2n) is 4.59. The van der Waals surface area contributed by atoms with Crippen molar-refractivity contribution in [3.05, 3.63) is 40.8 Å². The fourth-order valence-electron chi connectivity index (χ4n) is 1.74. The van der Waals surface area contributed by atoms with Crippen LogP contribution in [0.15, 0.2) is 40.1 Å². The Morgan fingerprint density at radius 2 is 1.78 bits per heavy atom. The van der Waals surface area contributed by atoms with E-state index in [0.717, 1.165) is 36.8 Å². The van der Waals surface area contributed by atoms with Gasteiger partial charge in [-0.15, -0.1) is 0 Å². The molecular formula is C15H22O2S. The predicted molar refractivity (Wildman–Crippen MR) is 76.3 cm³/mol. The first kappa shape index (κ1) is 15.0. The lowest BCUT2D eigenvalue weighted by Gasteiger charge is -2.05. The van der Waals surface area contributed by atoms with Crippen molar-refractivity contribution in [3.63, 3.8) is 0 Å². The molecule has 100 valence electrons. The van der Waals surface area contributed by atoms with Gasteiger partial charge in [-0.25, -0.2) is 8.42 Å². The lowest BCUT2D eigenvalue weighted by Crippen LogP contribution is -1.98. The number of benzene rings is 1. The molecule has 3 heteroatoms. The molecule has 1 rings (SSSR count). The molecule has 1 aromatic rings. The second kappa shape index (κ2) is 6.74. The average Bonchev–Trinajstić information content (AvgIpc) is 2.35. The van der Waals surface area contributed by atoms with Gasteiger partial charge in [0.15, 0.2) is 9.84 Å². The summed E-state index contributed by atoms with van der Waals surface area (Å²) in [6.07, 6.45) is 3.80. The van der Waals surface area contributed by atoms with Gasteiger partial charge in [-0.05, 0) is 38.3 Å². The number of aryl methyl sites for hydroxylation is 1. The Morgan fingerprint density at radius 3 is 2.28 bits per heavy atom. The summed E-state index contributed by atoms with van der Waals surface area (Å²) in [4.78, 5) is 0.385. The highest BCUT2D eigenvalue weighted by Gasteiger charge is 2.11. The van der Waals surface area contributed by atoms with Crippen LogP contribution < -0.4 is 0 Å². The molecule has 0 N–H and O–H groups in total. The van der Waals surface area contributed by atoms with Crippen LogP contribution in [-0.4, -0.2) is 8.42 Å². The van der Waals surface area contributed by atoms with E-state index in [4.69, 9.17) is 0 Å². The first-order valence-corrected chi connectivity index (χ1v) is 8.05. The molecule has 0 radical (unpaired) electrons. The molecule has 0 aromatic heterocycles. The minimum absolute atomic E-state index is 0.385. The van der Waals surface area contributed by atoms with E-state index in [1.54, 1.807) is 12.1 Å². The van der Waals surface area contributed by atoms with Crippen molar-refractivity contribution in [1.82, 2.24) is 0 Å². The zero-order valence-electron chi connectivity index (χ0n) is 11.4. The highest BCUT2D eigenvalue weighted by Crippen LogP contribution is 2.19. The molecule has 0 amide bonds. The van der Waals surface area contributed by atoms with Crippen molar-refractivity contribution in [2.75, 3.05) is 0 Å². The van der Waals surface area contributed by atoms with Gasteiger partial charge in [-0.3, -0.25) is 0 Å². The number of allylic oxidation sites excluding steroid dienone is 1. The maximum Gasteiger partial charge on any atom is 0.199 e. The third kappa shape index (κ3) is 4.30. The van der Waals surface area contributed by atoms with Gasteiger partial charge in [0.1, 0.15) is 0 Å². The van der Waals surface area contributed by atoms with Crippen LogP contribution in [0.1, 0.15) is 45.1 Å². The highest BCUT2D eigenvalue weighted by atomic mass is 32.2. The Hall–Kier alpha value is -1.09. The van der Waals surface area contributed by atoms with Crippen LogP contribution in [0.5, 0.6) is 0 Å². The molecule has 2 nitrogen and oxygen atoms in total. The van der Waals surface area contributed by atoms with Crippen molar-refractivity contribution in [2.24, 2.45) is 0 Å². The van der Waals surface area contributed by atoms with Crippen LogP contribution >= 0.6 is 0 Å². The summed E-state index contributed by atoms with van der Waals surface area (Å²) in [6.45, 7) is 6.07. The van der Waals surface area contributed by atoms with E-state index in [0.29, 0.717) is 4.90 Å². The molecule has 0 saturated heterocycles. The fraction of sp³-hybridized carbons (Fsp3) is 0.467. The molecule has 0 aliphatic carbocycles. The summed E-state index contributed by atoms with van der Waals surface area (Å²) < 4.78 is 24.4. The Kier molecular flexibility index (Phi) is 5.60. The third-order valence-corrected chi connectivity index (χ3v) is 4.55. The maximum absolute atomic E-state index is 12.2. The molecule has 0 saturated carbocycles. The first-order valence-electron chi connectivity index (χ1n) is 6.50. The zero-order chi connectivity index (χ0) is 13.6. The Bertz CT molecular complexity index is 496. The summed E-state index contributed by atoms with van der Waals surface area (Å²) in [6, 6.07) is 7.01. The van der Waals surface area contributed by atoms with Gasteiger partial charge in [0.2, 0.25) is 0 Å². The average molecular weight is 266 g/mol. The number of rotatable bonds is 6. The monoisotopic (exact) mass is 266 g/mol. The van der Waals surface area contributed by atoms with Crippen LogP contribution in [0, 0.1) is 6.92 Å². The summed E-state index contributed by atoms with van der Waals surface area (Å²) >= 11 is 0. The van der Waals surface area contributed by atoms with Crippen molar-refractivity contribution >= 4 is 9.84 Å². The molecule has 0 fully saturated rings. The SMILES string of the molecule is CCCC/C(=C\S(=O)(=O)c1ccc(C)cc1)CC. The quantitative estimate of drug-likeness (QED) is 0.771. The van der Waals surface area contributed by atoms with Crippen LogP contribution in [0.4, 0.5) is 0 Å². The molecule has 0 aliphatic heterocycles. The maximum atomic E-state index is 12.2. The van der Waals surface area contributed by atoms with E-state index >= 15 is 0 Å². The van der Waals surface area contributed by atoms with Gasteiger partial charge in [-0.1, -0.05) is 43.5 Å². The number of sulfone groups is 1. The fourth-order valence-corrected chi connectivity index (χ4v) is 3.11. The van der Waals surface area contributed by atoms with Gasteiger partial charge in [0, 0.05) is 5.41 Å². The molecule has 1 aromatic carbocycles. The van der Waals surface area contributed by atoms with Crippen LogP contribution in [-0.2, 0) is 9.84 Å². The highest BCUT2D eigenvalue weighted by molar-refractivity contribution is 7.94. The van der Waals surface area contributed by atoms with E-state index in [-0.39, 0.29) is 0 Å². The molecular weight excluding hydrogens is 244 g/mol. The normalized spacial score (nSPS) is 12.7. The number of hydrogen-bond donors (Lipinski definition) is 0. The predicted octanol–water partition coefficient (Wildman–Crippen LogP) is 4.25. The van der Waals surface area contributed by atoms with Crippen molar-refractivity contribution in [1.29, 1.82) is 0 Å². The molecule has 0 atom stereocenters. The van der Waals surface area contributed by atoms with Crippen LogP contribution in [0.25, 0.3) is 0 Å². The molecule has 0 aliphatic rings. The summed E-state index contributed by atoms with van der Waals surface area (Å²) in [7, 11) is -3.28. The van der Waals surface area contributed by atoms with Gasteiger partial charge in [0.25, 0.3) is 0 Å². The molecule has 0 bridgehead atoms. The zero-order valence-corrected chi connectivity index (χ0v) is 12.3. The topological polar surface area (TPSA) is 34.1 Å². The van der Waals surface area contributed by atoms with E-state index in [2.05, 4.69) is 6.92 Å². The third-order valence-electron chi connectivity index (χ3n) is 2.98. The van der Waals surface area contributed by atoms with Crippen molar-refractivity contribution in [3.8, 4) is 0 Å². The summed E-state index contributed by atoms with van der Waals surface area (Å²) in [5, 5.41) is 1.45. The molecule has 0 spiro atoms. The molecule has 18 heavy (non-hydrogen) atoms. The van der Waals surface area contributed by atoms with Gasteiger partial charge in [0.05, 0.1) is 4.90 Å². The van der Waals surface area contributed by atoms with E-state index in [1.165, 1.54) is 5.41 Å². The Labute approximate surface area is 111 Å². The van der Waals surface area contributed by atoms with E-state index < -0.39 is 9.84 Å². The summed E-state index contributed by atoms with van der Waals surface area (Å²) in [5.74, 6) is 0. The molecule has 0 unspecified atom stereocenters. The lowest BCUT2D eigenvalue weighted by atomic mass is 10.1. The summed E-state index contributed by atoms with van der Waals surface area (Å²) in [5.41, 5.74) is 2.08. The standard InChI is InChI=1S/C15H22O2S/c1-4-6-7-14(5-2)12-18(16,17)15-10-8-13(3)9-11-15/h8-12H,4-7H2,1-3H3/b14-12-. The van der Waals surface area contributed by atoms with Gasteiger partial charge >= 0.3 is 0 Å². The Balaban J connectivity index is 2.98. The van der Waals surface area contributed by atoms with E-state index in [9.17, 15) is 8.42 Å². The van der Waals surface area contributed by atoms with Crippen LogP contribution in [0.3, 0.4) is 0 Å². The van der Waals surface area contributed by atoms with Gasteiger partial charge in [-0.2, -0.15) is 0 Å². The largest absolute Gasteiger partial charge is 0.219 e.